The molecular formula is C12H16O3. The maximum atomic E-state index is 11.1. The third-order valence-electron chi connectivity index (χ3n) is 2.08. The van der Waals surface area contributed by atoms with Crippen LogP contribution in [0.1, 0.15) is 18.1 Å². The summed E-state index contributed by atoms with van der Waals surface area (Å²) in [6, 6.07) is 5.79. The van der Waals surface area contributed by atoms with Gasteiger partial charge < -0.3 is 9.47 Å². The van der Waals surface area contributed by atoms with E-state index in [1.165, 1.54) is 7.11 Å². The molecule has 0 aliphatic carbocycles. The lowest BCUT2D eigenvalue weighted by molar-refractivity contribution is -0.139. The molecule has 0 fully saturated rings. The largest absolute Gasteiger partial charge is 0.494 e. The number of benzene rings is 1. The maximum Gasteiger partial charge on any atom is 0.310 e. The molecule has 0 aromatic heterocycles. The Morgan fingerprint density at radius 2 is 2.13 bits per heavy atom. The van der Waals surface area contributed by atoms with Crippen molar-refractivity contribution in [2.45, 2.75) is 20.3 Å². The van der Waals surface area contributed by atoms with Gasteiger partial charge in [-0.25, -0.2) is 0 Å². The van der Waals surface area contributed by atoms with Crippen LogP contribution >= 0.6 is 0 Å². The predicted molar refractivity (Wildman–Crippen MR) is 58.1 cm³/mol. The van der Waals surface area contributed by atoms with Crippen molar-refractivity contribution in [2.75, 3.05) is 13.7 Å². The van der Waals surface area contributed by atoms with Gasteiger partial charge in [-0.15, -0.1) is 0 Å². The lowest BCUT2D eigenvalue weighted by Crippen LogP contribution is -2.06. The van der Waals surface area contributed by atoms with Gasteiger partial charge in [0.15, 0.2) is 0 Å². The molecule has 1 aromatic carbocycles. The predicted octanol–water partition coefficient (Wildman–Crippen LogP) is 2.11. The molecule has 0 saturated carbocycles. The molecule has 3 heteroatoms. The molecule has 0 N–H and O–H groups in total. The summed E-state index contributed by atoms with van der Waals surface area (Å²) >= 11 is 0. The fourth-order valence-corrected chi connectivity index (χ4v) is 1.33. The number of methoxy groups -OCH3 is 1. The van der Waals surface area contributed by atoms with Gasteiger partial charge in [0, 0.05) is 5.56 Å². The van der Waals surface area contributed by atoms with E-state index < -0.39 is 0 Å². The van der Waals surface area contributed by atoms with Gasteiger partial charge in [0.05, 0.1) is 20.1 Å². The van der Waals surface area contributed by atoms with E-state index in [4.69, 9.17) is 4.74 Å². The molecule has 0 unspecified atom stereocenters. The van der Waals surface area contributed by atoms with Gasteiger partial charge in [0.2, 0.25) is 0 Å². The zero-order valence-corrected chi connectivity index (χ0v) is 9.37. The number of carbonyl (C=O) groups excluding carboxylic acids is 1. The topological polar surface area (TPSA) is 35.5 Å². The normalized spacial score (nSPS) is 9.80. The number of aryl methyl sites for hydroxylation is 1. The molecule has 0 saturated heterocycles. The van der Waals surface area contributed by atoms with Gasteiger partial charge in [0.1, 0.15) is 5.75 Å². The fraction of sp³-hybridized carbons (Fsp3) is 0.417. The quantitative estimate of drug-likeness (QED) is 0.711. The van der Waals surface area contributed by atoms with Gasteiger partial charge in [-0.2, -0.15) is 0 Å². The van der Waals surface area contributed by atoms with Crippen LogP contribution < -0.4 is 4.74 Å². The van der Waals surface area contributed by atoms with E-state index in [0.717, 1.165) is 16.9 Å². The van der Waals surface area contributed by atoms with Crippen molar-refractivity contribution in [3.8, 4) is 5.75 Å². The molecule has 3 nitrogen and oxygen atoms in total. The Morgan fingerprint density at radius 1 is 1.40 bits per heavy atom. The van der Waals surface area contributed by atoms with Crippen LogP contribution in [0.15, 0.2) is 18.2 Å². The van der Waals surface area contributed by atoms with Crippen LogP contribution in [0.3, 0.4) is 0 Å². The van der Waals surface area contributed by atoms with Crippen molar-refractivity contribution in [3.63, 3.8) is 0 Å². The lowest BCUT2D eigenvalue weighted by Gasteiger charge is -2.10. The standard InChI is InChI=1S/C12H16O3/c1-4-15-11-7-9(2)5-6-10(11)8-12(13)14-3/h5-7H,4,8H2,1-3H3. The summed E-state index contributed by atoms with van der Waals surface area (Å²) in [5, 5.41) is 0. The Morgan fingerprint density at radius 3 is 2.73 bits per heavy atom. The molecule has 0 atom stereocenters. The Hall–Kier alpha value is -1.51. The second kappa shape index (κ2) is 5.39. The van der Waals surface area contributed by atoms with Crippen LogP contribution in [0.4, 0.5) is 0 Å². The van der Waals surface area contributed by atoms with Crippen molar-refractivity contribution in [1.29, 1.82) is 0 Å². The SMILES string of the molecule is CCOc1cc(C)ccc1CC(=O)OC. The Labute approximate surface area is 90.0 Å². The molecular weight excluding hydrogens is 192 g/mol. The minimum absolute atomic E-state index is 0.250. The van der Waals surface area contributed by atoms with E-state index in [1.807, 2.05) is 32.0 Å². The van der Waals surface area contributed by atoms with E-state index in [0.29, 0.717) is 6.61 Å². The summed E-state index contributed by atoms with van der Waals surface area (Å²) in [5.74, 6) is 0.516. The highest BCUT2D eigenvalue weighted by Crippen LogP contribution is 2.21. The van der Waals surface area contributed by atoms with E-state index in [1.54, 1.807) is 0 Å². The van der Waals surface area contributed by atoms with E-state index in [2.05, 4.69) is 4.74 Å². The average Bonchev–Trinajstić information content (AvgIpc) is 2.22. The summed E-state index contributed by atoms with van der Waals surface area (Å²) in [6.45, 7) is 4.51. The van der Waals surface area contributed by atoms with Crippen LogP contribution in [0, 0.1) is 6.92 Å². The monoisotopic (exact) mass is 208 g/mol. The van der Waals surface area contributed by atoms with Crippen molar-refractivity contribution in [1.82, 2.24) is 0 Å². The van der Waals surface area contributed by atoms with Crippen molar-refractivity contribution in [2.24, 2.45) is 0 Å². The molecule has 1 rings (SSSR count). The number of ether oxygens (including phenoxy) is 2. The first-order chi connectivity index (χ1) is 7.17. The van der Waals surface area contributed by atoms with Crippen LogP contribution in [0.25, 0.3) is 0 Å². The van der Waals surface area contributed by atoms with Crippen molar-refractivity contribution < 1.29 is 14.3 Å². The number of rotatable bonds is 4. The number of hydrogen-bond acceptors (Lipinski definition) is 3. The first-order valence-corrected chi connectivity index (χ1v) is 4.96. The summed E-state index contributed by atoms with van der Waals surface area (Å²) in [7, 11) is 1.39. The highest BCUT2D eigenvalue weighted by Gasteiger charge is 2.08. The molecule has 0 radical (unpaired) electrons. The lowest BCUT2D eigenvalue weighted by atomic mass is 10.1. The summed E-state index contributed by atoms with van der Waals surface area (Å²) in [4.78, 5) is 11.1. The third kappa shape index (κ3) is 3.27. The van der Waals surface area contributed by atoms with Gasteiger partial charge in [-0.3, -0.25) is 4.79 Å². The van der Waals surface area contributed by atoms with Crippen molar-refractivity contribution >= 4 is 5.97 Å². The molecule has 0 amide bonds. The highest BCUT2D eigenvalue weighted by atomic mass is 16.5. The molecule has 0 heterocycles. The molecule has 15 heavy (non-hydrogen) atoms. The van der Waals surface area contributed by atoms with Gasteiger partial charge in [-0.05, 0) is 25.5 Å². The number of carbonyl (C=O) groups is 1. The van der Waals surface area contributed by atoms with Gasteiger partial charge in [0.25, 0.3) is 0 Å². The Kier molecular flexibility index (Phi) is 4.16. The molecule has 0 aliphatic rings. The molecule has 0 bridgehead atoms. The van der Waals surface area contributed by atoms with E-state index in [9.17, 15) is 4.79 Å². The van der Waals surface area contributed by atoms with E-state index in [-0.39, 0.29) is 12.4 Å². The molecule has 82 valence electrons. The summed E-state index contributed by atoms with van der Waals surface area (Å²) in [5.41, 5.74) is 1.99. The van der Waals surface area contributed by atoms with Crippen molar-refractivity contribution in [3.05, 3.63) is 29.3 Å². The van der Waals surface area contributed by atoms with Gasteiger partial charge in [-0.1, -0.05) is 12.1 Å². The third-order valence-corrected chi connectivity index (χ3v) is 2.08. The number of hydrogen-bond donors (Lipinski definition) is 0. The van der Waals surface area contributed by atoms with Gasteiger partial charge >= 0.3 is 5.97 Å². The fourth-order valence-electron chi connectivity index (χ4n) is 1.33. The van der Waals surface area contributed by atoms with Crippen LogP contribution in [-0.4, -0.2) is 19.7 Å². The second-order valence-electron chi connectivity index (χ2n) is 3.30. The first kappa shape index (κ1) is 11.6. The average molecular weight is 208 g/mol. The van der Waals surface area contributed by atoms with E-state index >= 15 is 0 Å². The Bertz CT molecular complexity index is 345. The van der Waals surface area contributed by atoms with Crippen LogP contribution in [-0.2, 0) is 16.0 Å². The first-order valence-electron chi connectivity index (χ1n) is 4.96. The number of esters is 1. The Balaban J connectivity index is 2.89. The smallest absolute Gasteiger partial charge is 0.310 e. The van der Waals surface area contributed by atoms with Crippen LogP contribution in [0.5, 0.6) is 5.75 Å². The molecule has 1 aromatic rings. The molecule has 0 spiro atoms. The van der Waals surface area contributed by atoms with Crippen LogP contribution in [0.2, 0.25) is 0 Å². The minimum atomic E-state index is -0.250. The minimum Gasteiger partial charge on any atom is -0.494 e. The summed E-state index contributed by atoms with van der Waals surface area (Å²) < 4.78 is 10.1. The molecule has 0 aliphatic heterocycles. The zero-order chi connectivity index (χ0) is 11.3. The summed E-state index contributed by atoms with van der Waals surface area (Å²) in [6.07, 6.45) is 0.256. The second-order valence-corrected chi connectivity index (χ2v) is 3.30. The zero-order valence-electron chi connectivity index (χ0n) is 9.37. The highest BCUT2D eigenvalue weighted by molar-refractivity contribution is 5.73. The maximum absolute atomic E-state index is 11.1.